The molecule has 3 nitrogen and oxygen atoms in total. The van der Waals surface area contributed by atoms with Gasteiger partial charge < -0.3 is 10.2 Å². The zero-order valence-electron chi connectivity index (χ0n) is 22.5. The number of hydrogen-bond acceptors (Lipinski definition) is 3. The smallest absolute Gasteiger partial charge is 0.141 e. The molecular weight excluding hydrogens is 408 g/mol. The van der Waals surface area contributed by atoms with E-state index in [4.69, 9.17) is 0 Å². The first-order valence-corrected chi connectivity index (χ1v) is 14.0. The lowest BCUT2D eigenvalue weighted by Crippen LogP contribution is -2.69. The monoisotopic (exact) mass is 458 g/mol. The van der Waals surface area contributed by atoms with Crippen LogP contribution in [0.15, 0.2) is 0 Å². The van der Waals surface area contributed by atoms with Crippen LogP contribution in [0.1, 0.15) is 113 Å². The number of carbonyl (C=O) groups is 1. The number of rotatable bonds is 2. The summed E-state index contributed by atoms with van der Waals surface area (Å²) in [5.41, 5.74) is -0.429. The van der Waals surface area contributed by atoms with E-state index in [2.05, 4.69) is 34.6 Å². The predicted octanol–water partition coefficient (Wildman–Crippen LogP) is 6.40. The molecule has 5 saturated carbocycles. The van der Waals surface area contributed by atoms with E-state index in [1.807, 2.05) is 13.8 Å². The summed E-state index contributed by atoms with van der Waals surface area (Å²) in [6.07, 6.45) is 11.0. The fraction of sp³-hybridized carbons (Fsp3) is 0.967. The molecule has 0 spiro atoms. The van der Waals surface area contributed by atoms with Gasteiger partial charge >= 0.3 is 0 Å². The number of Topliss-reactive ketones (excluding diaryl/α,β-unsaturated/α-hetero) is 1. The van der Waals surface area contributed by atoms with E-state index in [1.54, 1.807) is 0 Å². The van der Waals surface area contributed by atoms with Crippen molar-refractivity contribution in [3.8, 4) is 0 Å². The van der Waals surface area contributed by atoms with Crippen molar-refractivity contribution in [3.63, 3.8) is 0 Å². The third-order valence-corrected chi connectivity index (χ3v) is 13.5. The fourth-order valence-electron chi connectivity index (χ4n) is 11.7. The molecule has 0 aromatic carbocycles. The van der Waals surface area contributed by atoms with Crippen LogP contribution in [0.4, 0.5) is 0 Å². The molecule has 9 unspecified atom stereocenters. The number of fused-ring (bicyclic) bond motifs is 7. The van der Waals surface area contributed by atoms with E-state index in [9.17, 15) is 15.0 Å². The maximum atomic E-state index is 13.7. The minimum Gasteiger partial charge on any atom is -0.395 e. The van der Waals surface area contributed by atoms with Crippen LogP contribution in [0.3, 0.4) is 0 Å². The van der Waals surface area contributed by atoms with Crippen LogP contribution in [0.2, 0.25) is 0 Å². The molecule has 0 aromatic heterocycles. The minimum absolute atomic E-state index is 0.0433. The number of carbonyl (C=O) groups excluding carboxylic acids is 1. The molecule has 0 amide bonds. The van der Waals surface area contributed by atoms with Gasteiger partial charge in [0.25, 0.3) is 0 Å². The molecular formula is C30H50O3. The highest BCUT2D eigenvalue weighted by Crippen LogP contribution is 2.77. The maximum Gasteiger partial charge on any atom is 0.141 e. The number of aliphatic hydroxyl groups excluding tert-OH is 1. The molecule has 5 rings (SSSR count). The van der Waals surface area contributed by atoms with Gasteiger partial charge in [-0.15, -0.1) is 0 Å². The van der Waals surface area contributed by atoms with E-state index < -0.39 is 11.0 Å². The summed E-state index contributed by atoms with van der Waals surface area (Å²) in [6.45, 7) is 16.5. The average Bonchev–Trinajstić information content (AvgIpc) is 3.08. The Bertz CT molecular complexity index is 825. The van der Waals surface area contributed by atoms with Crippen LogP contribution < -0.4 is 0 Å². The van der Waals surface area contributed by atoms with Crippen molar-refractivity contribution < 1.29 is 15.0 Å². The third-order valence-electron chi connectivity index (χ3n) is 13.5. The standard InChI is InChI=1S/C30H50O3/c1-25(2)14-13-24(32)30(18-31)21(25)12-17-29(7)23(30)9-8-22-27(5)15-10-19(26(3,4)33)20(27)11-16-28(22,29)6/h19-23,31,33H,8-18H2,1-7H3. The Hall–Kier alpha value is -0.410. The van der Waals surface area contributed by atoms with Gasteiger partial charge in [-0.05, 0) is 123 Å². The number of aliphatic hydroxyl groups is 2. The van der Waals surface area contributed by atoms with E-state index in [-0.39, 0.29) is 28.3 Å². The first-order valence-electron chi connectivity index (χ1n) is 14.0. The minimum atomic E-state index is -0.601. The van der Waals surface area contributed by atoms with Crippen LogP contribution in [-0.4, -0.2) is 28.2 Å². The van der Waals surface area contributed by atoms with Crippen LogP contribution >= 0.6 is 0 Å². The van der Waals surface area contributed by atoms with E-state index in [1.165, 1.54) is 32.1 Å². The highest BCUT2D eigenvalue weighted by atomic mass is 16.3. The third kappa shape index (κ3) is 2.85. The Balaban J connectivity index is 1.56. The van der Waals surface area contributed by atoms with E-state index >= 15 is 0 Å². The van der Waals surface area contributed by atoms with Crippen molar-refractivity contribution in [2.45, 2.75) is 118 Å². The van der Waals surface area contributed by atoms with Gasteiger partial charge in [-0.1, -0.05) is 34.6 Å². The van der Waals surface area contributed by atoms with Crippen molar-refractivity contribution in [3.05, 3.63) is 0 Å². The summed E-state index contributed by atoms with van der Waals surface area (Å²) >= 11 is 0. The first-order chi connectivity index (χ1) is 15.2. The average molecular weight is 459 g/mol. The maximum absolute atomic E-state index is 13.7. The molecule has 0 bridgehead atoms. The van der Waals surface area contributed by atoms with Gasteiger partial charge in [0.15, 0.2) is 0 Å². The second-order valence-electron chi connectivity index (χ2n) is 15.2. The molecule has 0 saturated heterocycles. The van der Waals surface area contributed by atoms with Gasteiger partial charge in [0, 0.05) is 6.42 Å². The molecule has 5 aliphatic carbocycles. The first kappa shape index (κ1) is 24.3. The van der Waals surface area contributed by atoms with Crippen LogP contribution in [0.5, 0.6) is 0 Å². The number of ketones is 1. The Kier molecular flexibility index (Phi) is 5.22. The van der Waals surface area contributed by atoms with Gasteiger partial charge in [-0.2, -0.15) is 0 Å². The molecule has 33 heavy (non-hydrogen) atoms. The lowest BCUT2D eigenvalue weighted by atomic mass is 9.31. The van der Waals surface area contributed by atoms with Gasteiger partial charge in [0.2, 0.25) is 0 Å². The van der Waals surface area contributed by atoms with Gasteiger partial charge in [0.1, 0.15) is 5.78 Å². The van der Waals surface area contributed by atoms with Crippen molar-refractivity contribution in [1.29, 1.82) is 0 Å². The SMILES string of the molecule is CC(C)(O)C1CCC2(C)C1CCC1(C)C2CCC2C3(CO)C(=O)CCC(C)(C)C3CCC21C. The molecule has 5 aliphatic rings. The predicted molar refractivity (Wildman–Crippen MR) is 133 cm³/mol. The quantitative estimate of drug-likeness (QED) is 0.503. The van der Waals surface area contributed by atoms with E-state index in [0.717, 1.165) is 25.7 Å². The number of hydrogen-bond donors (Lipinski definition) is 2. The normalized spacial score (nSPS) is 53.6. The topological polar surface area (TPSA) is 57.5 Å². The molecule has 188 valence electrons. The summed E-state index contributed by atoms with van der Waals surface area (Å²) < 4.78 is 0. The van der Waals surface area contributed by atoms with Gasteiger partial charge in [-0.3, -0.25) is 4.79 Å². The highest BCUT2D eigenvalue weighted by molar-refractivity contribution is 5.87. The second kappa shape index (κ2) is 7.09. The molecule has 3 heteroatoms. The van der Waals surface area contributed by atoms with Crippen molar-refractivity contribution in [2.24, 2.45) is 56.7 Å². The van der Waals surface area contributed by atoms with Gasteiger partial charge in [-0.25, -0.2) is 0 Å². The van der Waals surface area contributed by atoms with Crippen molar-refractivity contribution in [1.82, 2.24) is 0 Å². The van der Waals surface area contributed by atoms with Crippen molar-refractivity contribution in [2.75, 3.05) is 6.61 Å². The Morgan fingerprint density at radius 2 is 1.42 bits per heavy atom. The summed E-state index contributed by atoms with van der Waals surface area (Å²) in [5.74, 6) is 2.64. The lowest BCUT2D eigenvalue weighted by Gasteiger charge is -2.72. The molecule has 0 aliphatic heterocycles. The molecule has 2 N–H and O–H groups in total. The Morgan fingerprint density at radius 3 is 2.06 bits per heavy atom. The second-order valence-corrected chi connectivity index (χ2v) is 15.2. The molecule has 0 aromatic rings. The molecule has 9 atom stereocenters. The summed E-state index contributed by atoms with van der Waals surface area (Å²) in [4.78, 5) is 13.7. The zero-order chi connectivity index (χ0) is 24.2. The molecule has 5 fully saturated rings. The summed E-state index contributed by atoms with van der Waals surface area (Å²) in [5, 5.41) is 22.0. The van der Waals surface area contributed by atoms with Crippen LogP contribution in [-0.2, 0) is 4.79 Å². The highest BCUT2D eigenvalue weighted by Gasteiger charge is 2.73. The molecule has 0 radical (unpaired) electrons. The largest absolute Gasteiger partial charge is 0.395 e. The Labute approximate surface area is 202 Å². The fourth-order valence-corrected chi connectivity index (χ4v) is 11.7. The van der Waals surface area contributed by atoms with Crippen LogP contribution in [0.25, 0.3) is 0 Å². The Morgan fingerprint density at radius 1 is 0.818 bits per heavy atom. The lowest BCUT2D eigenvalue weighted by molar-refractivity contribution is -0.246. The zero-order valence-corrected chi connectivity index (χ0v) is 22.5. The molecule has 0 heterocycles. The van der Waals surface area contributed by atoms with Crippen LogP contribution in [0, 0.1) is 56.7 Å². The van der Waals surface area contributed by atoms with Gasteiger partial charge in [0.05, 0.1) is 17.6 Å². The van der Waals surface area contributed by atoms with Crippen molar-refractivity contribution >= 4 is 5.78 Å². The summed E-state index contributed by atoms with van der Waals surface area (Å²) in [7, 11) is 0. The van der Waals surface area contributed by atoms with E-state index in [0.29, 0.717) is 41.8 Å². The summed E-state index contributed by atoms with van der Waals surface area (Å²) in [6, 6.07) is 0.